The van der Waals surface area contributed by atoms with Gasteiger partial charge in [-0.15, -0.1) is 0 Å². The van der Waals surface area contributed by atoms with Gasteiger partial charge in [0.15, 0.2) is 0 Å². The number of nitrogens with one attached hydrogen (secondary N) is 1. The van der Waals surface area contributed by atoms with E-state index in [0.29, 0.717) is 12.4 Å². The molecule has 0 atom stereocenters. The molecule has 0 spiro atoms. The average molecular weight is 272 g/mol. The van der Waals surface area contributed by atoms with Gasteiger partial charge in [0.05, 0.1) is 13.2 Å². The van der Waals surface area contributed by atoms with Gasteiger partial charge in [-0.3, -0.25) is 0 Å². The standard InChI is InChI=1S/C16H20N2O2/c1-12(2)20-15-8-6-14(7-9-15)18-11-13-5-4-10-17-16(13)19-3/h4-10,12,18H,11H2,1-3H3. The van der Waals surface area contributed by atoms with E-state index in [1.165, 1.54) is 0 Å². The third-order valence-electron chi connectivity index (χ3n) is 2.75. The van der Waals surface area contributed by atoms with Gasteiger partial charge in [0, 0.05) is 24.0 Å². The van der Waals surface area contributed by atoms with Gasteiger partial charge >= 0.3 is 0 Å². The molecule has 0 fully saturated rings. The first-order valence-corrected chi connectivity index (χ1v) is 6.67. The average Bonchev–Trinajstić information content (AvgIpc) is 2.46. The van der Waals surface area contributed by atoms with E-state index in [0.717, 1.165) is 17.0 Å². The topological polar surface area (TPSA) is 43.4 Å². The molecule has 0 unspecified atom stereocenters. The van der Waals surface area contributed by atoms with Crippen LogP contribution in [0.2, 0.25) is 0 Å². The molecule has 2 rings (SSSR count). The highest BCUT2D eigenvalue weighted by Crippen LogP contribution is 2.19. The van der Waals surface area contributed by atoms with Crippen molar-refractivity contribution in [3.05, 3.63) is 48.2 Å². The van der Waals surface area contributed by atoms with Crippen LogP contribution in [0, 0.1) is 0 Å². The van der Waals surface area contributed by atoms with Crippen molar-refractivity contribution in [1.29, 1.82) is 0 Å². The minimum absolute atomic E-state index is 0.188. The molecule has 0 aliphatic carbocycles. The molecule has 1 N–H and O–H groups in total. The quantitative estimate of drug-likeness (QED) is 0.874. The lowest BCUT2D eigenvalue weighted by Gasteiger charge is -2.12. The summed E-state index contributed by atoms with van der Waals surface area (Å²) in [6.45, 7) is 4.70. The Hall–Kier alpha value is -2.23. The molecule has 0 amide bonds. The Bertz CT molecular complexity index is 538. The van der Waals surface area contributed by atoms with Crippen LogP contribution in [0.15, 0.2) is 42.6 Å². The molecule has 2 aromatic rings. The number of anilines is 1. The first kappa shape index (κ1) is 14.2. The molecule has 4 heteroatoms. The predicted molar refractivity (Wildman–Crippen MR) is 80.3 cm³/mol. The first-order valence-electron chi connectivity index (χ1n) is 6.67. The summed E-state index contributed by atoms with van der Waals surface area (Å²) < 4.78 is 10.8. The van der Waals surface area contributed by atoms with E-state index in [1.807, 2.05) is 50.2 Å². The minimum Gasteiger partial charge on any atom is -0.491 e. The number of ether oxygens (including phenoxy) is 2. The zero-order chi connectivity index (χ0) is 14.4. The molecule has 106 valence electrons. The molecule has 0 saturated carbocycles. The fourth-order valence-electron chi connectivity index (χ4n) is 1.86. The Morgan fingerprint density at radius 1 is 1.15 bits per heavy atom. The van der Waals surface area contributed by atoms with Gasteiger partial charge in [-0.05, 0) is 44.2 Å². The highest BCUT2D eigenvalue weighted by atomic mass is 16.5. The predicted octanol–water partition coefficient (Wildman–Crippen LogP) is 3.49. The zero-order valence-corrected chi connectivity index (χ0v) is 12.1. The number of methoxy groups -OCH3 is 1. The molecule has 1 heterocycles. The van der Waals surface area contributed by atoms with E-state index in [9.17, 15) is 0 Å². The van der Waals surface area contributed by atoms with Crippen molar-refractivity contribution in [2.45, 2.75) is 26.5 Å². The van der Waals surface area contributed by atoms with E-state index in [1.54, 1.807) is 13.3 Å². The van der Waals surface area contributed by atoms with Crippen LogP contribution >= 0.6 is 0 Å². The lowest BCUT2D eigenvalue weighted by molar-refractivity contribution is 0.242. The van der Waals surface area contributed by atoms with Crippen molar-refractivity contribution in [2.75, 3.05) is 12.4 Å². The third kappa shape index (κ3) is 3.88. The monoisotopic (exact) mass is 272 g/mol. The normalized spacial score (nSPS) is 10.4. The van der Waals surface area contributed by atoms with Crippen molar-refractivity contribution in [2.24, 2.45) is 0 Å². The van der Waals surface area contributed by atoms with Gasteiger partial charge in [-0.1, -0.05) is 6.07 Å². The largest absolute Gasteiger partial charge is 0.491 e. The van der Waals surface area contributed by atoms with Crippen LogP contribution in [0.3, 0.4) is 0 Å². The van der Waals surface area contributed by atoms with Gasteiger partial charge in [-0.2, -0.15) is 0 Å². The fourth-order valence-corrected chi connectivity index (χ4v) is 1.86. The Balaban J connectivity index is 1.97. The summed E-state index contributed by atoms with van der Waals surface area (Å²) in [6, 6.07) is 11.8. The van der Waals surface area contributed by atoms with Crippen molar-refractivity contribution >= 4 is 5.69 Å². The number of pyridine rings is 1. The summed E-state index contributed by atoms with van der Waals surface area (Å²) in [5.74, 6) is 1.53. The Kier molecular flexibility index (Phi) is 4.82. The molecular weight excluding hydrogens is 252 g/mol. The SMILES string of the molecule is COc1ncccc1CNc1ccc(OC(C)C)cc1. The summed E-state index contributed by atoms with van der Waals surface area (Å²) in [5, 5.41) is 3.34. The minimum atomic E-state index is 0.188. The van der Waals surface area contributed by atoms with Crippen molar-refractivity contribution in [1.82, 2.24) is 4.98 Å². The molecule has 1 aromatic heterocycles. The summed E-state index contributed by atoms with van der Waals surface area (Å²) in [6.07, 6.45) is 1.91. The second-order valence-corrected chi connectivity index (χ2v) is 4.72. The maximum Gasteiger partial charge on any atom is 0.218 e. The van der Waals surface area contributed by atoms with Crippen LogP contribution in [0.5, 0.6) is 11.6 Å². The summed E-state index contributed by atoms with van der Waals surface area (Å²) in [4.78, 5) is 4.17. The summed E-state index contributed by atoms with van der Waals surface area (Å²) >= 11 is 0. The van der Waals surface area contributed by atoms with E-state index in [4.69, 9.17) is 9.47 Å². The fraction of sp³-hybridized carbons (Fsp3) is 0.312. The molecule has 1 aromatic carbocycles. The van der Waals surface area contributed by atoms with E-state index in [2.05, 4.69) is 10.3 Å². The Morgan fingerprint density at radius 3 is 2.55 bits per heavy atom. The second-order valence-electron chi connectivity index (χ2n) is 4.72. The number of aromatic nitrogens is 1. The van der Waals surface area contributed by atoms with E-state index >= 15 is 0 Å². The van der Waals surface area contributed by atoms with Gasteiger partial charge in [0.25, 0.3) is 0 Å². The lowest BCUT2D eigenvalue weighted by Crippen LogP contribution is -2.06. The van der Waals surface area contributed by atoms with Crippen LogP contribution in [0.1, 0.15) is 19.4 Å². The molecule has 0 saturated heterocycles. The van der Waals surface area contributed by atoms with Gasteiger partial charge < -0.3 is 14.8 Å². The highest BCUT2D eigenvalue weighted by molar-refractivity contribution is 5.47. The molecule has 20 heavy (non-hydrogen) atoms. The molecule has 0 bridgehead atoms. The van der Waals surface area contributed by atoms with Gasteiger partial charge in [0.2, 0.25) is 5.88 Å². The number of nitrogens with zero attached hydrogens (tertiary/aromatic N) is 1. The molecule has 4 nitrogen and oxygen atoms in total. The van der Waals surface area contributed by atoms with Crippen molar-refractivity contribution in [3.63, 3.8) is 0 Å². The number of hydrogen-bond acceptors (Lipinski definition) is 4. The molecule has 0 radical (unpaired) electrons. The lowest BCUT2D eigenvalue weighted by atomic mass is 10.2. The smallest absolute Gasteiger partial charge is 0.218 e. The third-order valence-corrected chi connectivity index (χ3v) is 2.75. The van der Waals surface area contributed by atoms with Crippen molar-refractivity contribution in [3.8, 4) is 11.6 Å². The summed E-state index contributed by atoms with van der Waals surface area (Å²) in [7, 11) is 1.63. The molecule has 0 aliphatic heterocycles. The van der Waals surface area contributed by atoms with Crippen LogP contribution in [0.25, 0.3) is 0 Å². The number of rotatable bonds is 6. The highest BCUT2D eigenvalue weighted by Gasteiger charge is 2.03. The Labute approximate surface area is 119 Å². The van der Waals surface area contributed by atoms with Crippen LogP contribution in [-0.4, -0.2) is 18.2 Å². The summed E-state index contributed by atoms with van der Waals surface area (Å²) in [5.41, 5.74) is 2.06. The number of hydrogen-bond donors (Lipinski definition) is 1. The van der Waals surface area contributed by atoms with E-state index < -0.39 is 0 Å². The van der Waals surface area contributed by atoms with Crippen LogP contribution in [-0.2, 0) is 6.54 Å². The van der Waals surface area contributed by atoms with E-state index in [-0.39, 0.29) is 6.10 Å². The zero-order valence-electron chi connectivity index (χ0n) is 12.1. The second kappa shape index (κ2) is 6.80. The number of benzene rings is 1. The maximum absolute atomic E-state index is 5.61. The van der Waals surface area contributed by atoms with Crippen molar-refractivity contribution < 1.29 is 9.47 Å². The molecule has 0 aliphatic rings. The van der Waals surface area contributed by atoms with Crippen LogP contribution in [0.4, 0.5) is 5.69 Å². The Morgan fingerprint density at radius 2 is 1.90 bits per heavy atom. The van der Waals surface area contributed by atoms with Gasteiger partial charge in [0.1, 0.15) is 5.75 Å². The first-order chi connectivity index (χ1) is 9.69. The molecular formula is C16H20N2O2. The van der Waals surface area contributed by atoms with Crippen LogP contribution < -0.4 is 14.8 Å². The maximum atomic E-state index is 5.61. The van der Waals surface area contributed by atoms with Gasteiger partial charge in [-0.25, -0.2) is 4.98 Å².